The Morgan fingerprint density at radius 3 is 2.38 bits per heavy atom. The molecule has 0 saturated heterocycles. The molecule has 2 aliphatic heterocycles. The van der Waals surface area contributed by atoms with E-state index in [9.17, 15) is 0 Å². The van der Waals surface area contributed by atoms with Crippen LogP contribution in [0.1, 0.15) is 57.1 Å². The molecule has 1 aromatic heterocycles. The van der Waals surface area contributed by atoms with Gasteiger partial charge in [-0.3, -0.25) is 0 Å². The predicted molar refractivity (Wildman–Crippen MR) is 148 cm³/mol. The first-order valence-corrected chi connectivity index (χ1v) is 13.1. The van der Waals surface area contributed by atoms with Crippen molar-refractivity contribution in [2.24, 2.45) is 0 Å². The summed E-state index contributed by atoms with van der Waals surface area (Å²) in [5, 5.41) is 0. The Hall–Kier alpha value is -2.94. The van der Waals surface area contributed by atoms with Gasteiger partial charge in [0.25, 0.3) is 0 Å². The smallest absolute Gasteiger partial charge is 0.499 e. The third kappa shape index (κ3) is 4.74. The van der Waals surface area contributed by atoms with E-state index in [0.29, 0.717) is 6.04 Å². The van der Waals surface area contributed by atoms with Gasteiger partial charge in [0.05, 0.1) is 0 Å². The number of fused-ring (bicyclic) bond motifs is 2. The first-order chi connectivity index (χ1) is 17.6. The molecule has 0 unspecified atom stereocenters. The summed E-state index contributed by atoms with van der Waals surface area (Å²) in [6.45, 7) is 7.03. The van der Waals surface area contributed by atoms with Crippen LogP contribution in [-0.2, 0) is 25.5 Å². The third-order valence-corrected chi connectivity index (χ3v) is 7.81. The van der Waals surface area contributed by atoms with Crippen molar-refractivity contribution in [3.05, 3.63) is 115 Å². The van der Waals surface area contributed by atoms with E-state index in [0.717, 1.165) is 11.3 Å². The molecule has 188 valence electrons. The van der Waals surface area contributed by atoms with Crippen molar-refractivity contribution in [3.8, 4) is 11.3 Å². The van der Waals surface area contributed by atoms with E-state index in [1.165, 1.54) is 60.3 Å². The van der Waals surface area contributed by atoms with Crippen molar-refractivity contribution in [2.45, 2.75) is 57.4 Å². The van der Waals surface area contributed by atoms with E-state index in [-0.39, 0.29) is 25.5 Å². The number of aromatic nitrogens is 1. The zero-order valence-corrected chi connectivity index (χ0v) is 23.8. The SMILES string of the molecule is CC1(C)c2ccc[c-]c2N2[CH-]N(C3CCCCC3)c3cccc1c32.[Ir+3].[c-]1ccccc1-c1ccccn1. The summed E-state index contributed by atoms with van der Waals surface area (Å²) in [6, 6.07) is 34.2. The first-order valence-electron chi connectivity index (χ1n) is 13.1. The Bertz CT molecular complexity index is 1290. The number of pyridine rings is 1. The summed E-state index contributed by atoms with van der Waals surface area (Å²) >= 11 is 0. The van der Waals surface area contributed by atoms with E-state index < -0.39 is 0 Å². The van der Waals surface area contributed by atoms with Crippen LogP contribution in [0.2, 0.25) is 0 Å². The van der Waals surface area contributed by atoms with Crippen molar-refractivity contribution >= 4 is 17.1 Å². The summed E-state index contributed by atoms with van der Waals surface area (Å²) < 4.78 is 0. The van der Waals surface area contributed by atoms with E-state index in [4.69, 9.17) is 0 Å². The van der Waals surface area contributed by atoms with Crippen LogP contribution >= 0.6 is 0 Å². The van der Waals surface area contributed by atoms with Crippen LogP contribution in [0.4, 0.5) is 17.1 Å². The molecular formula is C33H32IrN3. The van der Waals surface area contributed by atoms with Crippen LogP contribution in [0, 0.1) is 18.8 Å². The molecule has 0 spiro atoms. The molecule has 0 amide bonds. The Kier molecular flexibility index (Phi) is 7.51. The number of benzene rings is 3. The summed E-state index contributed by atoms with van der Waals surface area (Å²) in [7, 11) is 0. The normalized spacial score (nSPS) is 17.1. The van der Waals surface area contributed by atoms with Crippen molar-refractivity contribution < 1.29 is 20.1 Å². The Balaban J connectivity index is 0.000000183. The van der Waals surface area contributed by atoms with E-state index in [1.54, 1.807) is 6.20 Å². The maximum absolute atomic E-state index is 4.22. The standard InChI is InChI=1S/C22H24N2.C11H8N.Ir/c1-22(2)17-11-6-7-13-19(17)24-15-23(16-9-4-3-5-10-16)20-14-8-12-18(22)21(20)24;1-2-6-10(7-3-1)11-8-4-5-9-12-11;/h6-8,11-12,14-16H,3-5,9-10H2,1-2H3;1-6,8-9H;/q-2;-1;+3. The minimum atomic E-state index is 0. The van der Waals surface area contributed by atoms with Gasteiger partial charge in [0.2, 0.25) is 0 Å². The largest absolute Gasteiger partial charge is 3.00 e. The minimum absolute atomic E-state index is 0. The molecule has 3 aliphatic rings. The average Bonchev–Trinajstić information content (AvgIpc) is 3.34. The summed E-state index contributed by atoms with van der Waals surface area (Å²) in [5.41, 5.74) is 8.82. The Morgan fingerprint density at radius 2 is 1.62 bits per heavy atom. The molecule has 1 fully saturated rings. The van der Waals surface area contributed by atoms with Gasteiger partial charge in [0, 0.05) is 23.6 Å². The molecular weight excluding hydrogens is 631 g/mol. The molecule has 0 N–H and O–H groups in total. The van der Waals surface area contributed by atoms with Gasteiger partial charge < -0.3 is 14.8 Å². The first kappa shape index (κ1) is 25.7. The molecule has 3 heterocycles. The number of hydrogen-bond donors (Lipinski definition) is 0. The monoisotopic (exact) mass is 663 g/mol. The molecule has 1 saturated carbocycles. The van der Waals surface area contributed by atoms with Gasteiger partial charge in [-0.25, -0.2) is 0 Å². The second-order valence-electron chi connectivity index (χ2n) is 10.4. The fraction of sp³-hybridized carbons (Fsp3) is 0.273. The van der Waals surface area contributed by atoms with Crippen molar-refractivity contribution in [1.29, 1.82) is 0 Å². The van der Waals surface area contributed by atoms with Gasteiger partial charge in [-0.15, -0.1) is 47.1 Å². The number of para-hydroxylation sites is 2. The quantitative estimate of drug-likeness (QED) is 0.203. The average molecular weight is 663 g/mol. The zero-order chi connectivity index (χ0) is 24.5. The van der Waals surface area contributed by atoms with Crippen LogP contribution in [0.3, 0.4) is 0 Å². The van der Waals surface area contributed by atoms with Gasteiger partial charge in [0.15, 0.2) is 0 Å². The zero-order valence-electron chi connectivity index (χ0n) is 21.4. The van der Waals surface area contributed by atoms with E-state index in [2.05, 4.69) is 77.8 Å². The molecule has 4 aromatic rings. The minimum Gasteiger partial charge on any atom is -0.499 e. The van der Waals surface area contributed by atoms with Crippen LogP contribution < -0.4 is 9.80 Å². The van der Waals surface area contributed by atoms with Crippen molar-refractivity contribution in [3.63, 3.8) is 0 Å². The topological polar surface area (TPSA) is 19.4 Å². The van der Waals surface area contributed by atoms with Crippen LogP contribution in [0.15, 0.2) is 85.1 Å². The van der Waals surface area contributed by atoms with E-state index >= 15 is 0 Å². The van der Waals surface area contributed by atoms with Crippen LogP contribution in [0.25, 0.3) is 11.3 Å². The fourth-order valence-corrected chi connectivity index (χ4v) is 5.91. The molecule has 3 nitrogen and oxygen atoms in total. The second-order valence-corrected chi connectivity index (χ2v) is 10.4. The number of anilines is 3. The maximum atomic E-state index is 4.22. The Labute approximate surface area is 234 Å². The number of hydrogen-bond acceptors (Lipinski definition) is 3. The van der Waals surface area contributed by atoms with Gasteiger partial charge in [0.1, 0.15) is 0 Å². The summed E-state index contributed by atoms with van der Waals surface area (Å²) in [5.74, 6) is 0. The van der Waals surface area contributed by atoms with Gasteiger partial charge in [-0.05, 0) is 41.6 Å². The number of nitrogens with zero attached hydrogens (tertiary/aromatic N) is 3. The Morgan fingerprint density at radius 1 is 0.838 bits per heavy atom. The summed E-state index contributed by atoms with van der Waals surface area (Å²) in [6.07, 6.45) is 8.52. The molecule has 4 heteroatoms. The van der Waals surface area contributed by atoms with Crippen LogP contribution in [-0.4, -0.2) is 11.0 Å². The van der Waals surface area contributed by atoms with Crippen molar-refractivity contribution in [2.75, 3.05) is 9.80 Å². The second kappa shape index (κ2) is 10.8. The molecule has 37 heavy (non-hydrogen) atoms. The molecule has 7 rings (SSSR count). The molecule has 3 aromatic carbocycles. The van der Waals surface area contributed by atoms with Gasteiger partial charge >= 0.3 is 20.1 Å². The van der Waals surface area contributed by atoms with Crippen LogP contribution in [0.5, 0.6) is 0 Å². The molecule has 1 aliphatic carbocycles. The third-order valence-electron chi connectivity index (χ3n) is 7.81. The molecule has 0 bridgehead atoms. The number of rotatable bonds is 2. The fourth-order valence-electron chi connectivity index (χ4n) is 5.91. The summed E-state index contributed by atoms with van der Waals surface area (Å²) in [4.78, 5) is 9.15. The van der Waals surface area contributed by atoms with Gasteiger partial charge in [-0.2, -0.15) is 30.9 Å². The van der Waals surface area contributed by atoms with Crippen molar-refractivity contribution in [1.82, 2.24) is 4.98 Å². The molecule has 0 radical (unpaired) electrons. The maximum Gasteiger partial charge on any atom is 3.00 e. The van der Waals surface area contributed by atoms with Gasteiger partial charge in [-0.1, -0.05) is 57.4 Å². The predicted octanol–water partition coefficient (Wildman–Crippen LogP) is 8.08. The van der Waals surface area contributed by atoms with E-state index in [1.807, 2.05) is 48.5 Å². The molecule has 0 atom stereocenters.